The smallest absolute Gasteiger partial charge is 0.336 e. The molecule has 0 N–H and O–H groups in total. The molecule has 1 heterocycles. The molecule has 150 valence electrons. The van der Waals surface area contributed by atoms with Crippen LogP contribution in [-0.2, 0) is 14.3 Å². The van der Waals surface area contributed by atoms with E-state index < -0.39 is 17.8 Å². The second kappa shape index (κ2) is 7.61. The van der Waals surface area contributed by atoms with E-state index in [0.717, 1.165) is 11.3 Å². The van der Waals surface area contributed by atoms with Crippen LogP contribution in [0.15, 0.2) is 34.5 Å². The van der Waals surface area contributed by atoms with Gasteiger partial charge in [-0.05, 0) is 49.3 Å². The molecule has 1 aliphatic carbocycles. The van der Waals surface area contributed by atoms with Crippen LogP contribution in [0.2, 0.25) is 0 Å². The monoisotopic (exact) mass is 385 g/mol. The number of carbonyl (C=O) groups is 2. The standard InChI is InChI=1S/C23H28FNO3/c1-6-16-21(22(27)28-7-2)19(14-8-9-15(24)13(3)10-14)20-17(25-16)11-23(4,5)12-18(20)26/h8-10,19-20H,6-7,11-12H2,1-5H3. The number of hydrogen-bond donors (Lipinski definition) is 0. The Balaban J connectivity index is 2.22. The molecule has 0 aromatic heterocycles. The van der Waals surface area contributed by atoms with Crippen LogP contribution in [0.3, 0.4) is 0 Å². The third kappa shape index (κ3) is 3.67. The molecule has 1 aromatic carbocycles. The van der Waals surface area contributed by atoms with Gasteiger partial charge in [-0.15, -0.1) is 0 Å². The van der Waals surface area contributed by atoms with Crippen LogP contribution in [0, 0.1) is 24.1 Å². The molecule has 0 amide bonds. The van der Waals surface area contributed by atoms with Crippen LogP contribution >= 0.6 is 0 Å². The molecule has 2 aliphatic rings. The third-order valence-corrected chi connectivity index (χ3v) is 5.62. The summed E-state index contributed by atoms with van der Waals surface area (Å²) in [7, 11) is 0. The predicted octanol–water partition coefficient (Wildman–Crippen LogP) is 4.90. The molecule has 0 radical (unpaired) electrons. The number of hydrogen-bond acceptors (Lipinski definition) is 4. The van der Waals surface area contributed by atoms with Gasteiger partial charge in [-0.3, -0.25) is 9.79 Å². The molecule has 0 bridgehead atoms. The predicted molar refractivity (Wildman–Crippen MR) is 107 cm³/mol. The zero-order valence-electron chi connectivity index (χ0n) is 17.3. The van der Waals surface area contributed by atoms with Gasteiger partial charge in [-0.1, -0.05) is 32.9 Å². The first kappa shape index (κ1) is 20.4. The number of fused-ring (bicyclic) bond motifs is 1. The summed E-state index contributed by atoms with van der Waals surface area (Å²) in [5.74, 6) is -1.63. The van der Waals surface area contributed by atoms with Crippen LogP contribution in [0.1, 0.15) is 64.0 Å². The Hall–Kier alpha value is -2.30. The first-order valence-corrected chi connectivity index (χ1v) is 9.95. The summed E-state index contributed by atoms with van der Waals surface area (Å²) >= 11 is 0. The van der Waals surface area contributed by atoms with Gasteiger partial charge >= 0.3 is 5.97 Å². The fraction of sp³-hybridized carbons (Fsp3) is 0.522. The van der Waals surface area contributed by atoms with Crippen LogP contribution in [0.5, 0.6) is 0 Å². The van der Waals surface area contributed by atoms with Crippen molar-refractivity contribution in [3.8, 4) is 0 Å². The second-order valence-electron chi connectivity index (χ2n) is 8.49. The van der Waals surface area contributed by atoms with Crippen molar-refractivity contribution in [1.29, 1.82) is 0 Å². The van der Waals surface area contributed by atoms with Crippen LogP contribution in [0.4, 0.5) is 4.39 Å². The fourth-order valence-corrected chi connectivity index (χ4v) is 4.44. The van der Waals surface area contributed by atoms with E-state index in [9.17, 15) is 14.0 Å². The van der Waals surface area contributed by atoms with E-state index in [1.807, 2.05) is 6.92 Å². The number of halogens is 1. The van der Waals surface area contributed by atoms with E-state index in [1.165, 1.54) is 6.07 Å². The maximum atomic E-state index is 13.9. The molecule has 2 unspecified atom stereocenters. The minimum Gasteiger partial charge on any atom is -0.463 e. The minimum absolute atomic E-state index is 0.0823. The number of benzene rings is 1. The third-order valence-electron chi connectivity index (χ3n) is 5.62. The molecule has 5 heteroatoms. The number of aliphatic imine (C=N–C) groups is 1. The number of aryl methyl sites for hydroxylation is 1. The molecule has 2 atom stereocenters. The van der Waals surface area contributed by atoms with Crippen molar-refractivity contribution in [2.24, 2.45) is 16.3 Å². The van der Waals surface area contributed by atoms with Crippen LogP contribution in [0.25, 0.3) is 0 Å². The maximum absolute atomic E-state index is 13.9. The molecule has 0 saturated heterocycles. The molecule has 1 aromatic rings. The van der Waals surface area contributed by atoms with Gasteiger partial charge in [0.15, 0.2) is 0 Å². The number of rotatable bonds is 4. The van der Waals surface area contributed by atoms with Crippen molar-refractivity contribution in [2.75, 3.05) is 6.61 Å². The number of Topliss-reactive ketones (excluding diaryl/α,β-unsaturated/α-hetero) is 1. The van der Waals surface area contributed by atoms with Crippen molar-refractivity contribution < 1.29 is 18.7 Å². The Labute approximate surface area is 165 Å². The minimum atomic E-state index is -0.493. The summed E-state index contributed by atoms with van der Waals surface area (Å²) in [5.41, 5.74) is 3.04. The van der Waals surface area contributed by atoms with E-state index in [0.29, 0.717) is 36.1 Å². The number of ether oxygens (including phenoxy) is 1. The molecule has 1 fully saturated rings. The summed E-state index contributed by atoms with van der Waals surface area (Å²) < 4.78 is 19.2. The van der Waals surface area contributed by atoms with Crippen LogP contribution in [-0.4, -0.2) is 24.1 Å². The highest BCUT2D eigenvalue weighted by molar-refractivity contribution is 6.12. The number of ketones is 1. The summed E-state index contributed by atoms with van der Waals surface area (Å²) in [6.07, 6.45) is 1.71. The summed E-state index contributed by atoms with van der Waals surface area (Å²) in [6.45, 7) is 9.77. The van der Waals surface area contributed by atoms with Gasteiger partial charge in [0.2, 0.25) is 0 Å². The summed E-state index contributed by atoms with van der Waals surface area (Å²) in [4.78, 5) is 30.8. The summed E-state index contributed by atoms with van der Waals surface area (Å²) in [6, 6.07) is 4.82. The normalized spacial score (nSPS) is 23.9. The first-order chi connectivity index (χ1) is 13.2. The van der Waals surface area contributed by atoms with Gasteiger partial charge in [-0.2, -0.15) is 0 Å². The van der Waals surface area contributed by atoms with Crippen molar-refractivity contribution in [3.05, 3.63) is 46.4 Å². The zero-order chi connectivity index (χ0) is 20.6. The van der Waals surface area contributed by atoms with E-state index in [4.69, 9.17) is 9.73 Å². The van der Waals surface area contributed by atoms with Gasteiger partial charge in [0.1, 0.15) is 11.6 Å². The highest BCUT2D eigenvalue weighted by atomic mass is 19.1. The molecular weight excluding hydrogens is 357 g/mol. The lowest BCUT2D eigenvalue weighted by Gasteiger charge is -2.41. The van der Waals surface area contributed by atoms with Crippen molar-refractivity contribution >= 4 is 17.5 Å². The Morgan fingerprint density at radius 3 is 2.57 bits per heavy atom. The van der Waals surface area contributed by atoms with Gasteiger partial charge in [-0.25, -0.2) is 9.18 Å². The number of nitrogens with zero attached hydrogens (tertiary/aromatic N) is 1. The lowest BCUT2D eigenvalue weighted by Crippen LogP contribution is -2.44. The van der Waals surface area contributed by atoms with E-state index in [-0.39, 0.29) is 23.6 Å². The fourth-order valence-electron chi connectivity index (χ4n) is 4.44. The largest absolute Gasteiger partial charge is 0.463 e. The topological polar surface area (TPSA) is 55.7 Å². The lowest BCUT2D eigenvalue weighted by molar-refractivity contribution is -0.139. The van der Waals surface area contributed by atoms with Gasteiger partial charge in [0.25, 0.3) is 0 Å². The first-order valence-electron chi connectivity index (χ1n) is 9.95. The van der Waals surface area contributed by atoms with Gasteiger partial charge in [0.05, 0.1) is 23.8 Å². The number of carbonyl (C=O) groups excluding carboxylic acids is 2. The lowest BCUT2D eigenvalue weighted by atomic mass is 9.63. The maximum Gasteiger partial charge on any atom is 0.336 e. The Morgan fingerprint density at radius 1 is 1.25 bits per heavy atom. The second-order valence-corrected chi connectivity index (χ2v) is 8.49. The Morgan fingerprint density at radius 2 is 1.96 bits per heavy atom. The quantitative estimate of drug-likeness (QED) is 0.693. The molecule has 1 aliphatic heterocycles. The highest BCUT2D eigenvalue weighted by Crippen LogP contribution is 2.47. The van der Waals surface area contributed by atoms with Crippen molar-refractivity contribution in [1.82, 2.24) is 0 Å². The zero-order valence-corrected chi connectivity index (χ0v) is 17.3. The molecular formula is C23H28FNO3. The molecule has 0 spiro atoms. The van der Waals surface area contributed by atoms with Crippen molar-refractivity contribution in [2.45, 2.75) is 59.8 Å². The van der Waals surface area contributed by atoms with E-state index in [2.05, 4.69) is 13.8 Å². The molecule has 28 heavy (non-hydrogen) atoms. The average molecular weight is 385 g/mol. The molecule has 4 nitrogen and oxygen atoms in total. The highest BCUT2D eigenvalue weighted by Gasteiger charge is 2.48. The van der Waals surface area contributed by atoms with Crippen molar-refractivity contribution in [3.63, 3.8) is 0 Å². The van der Waals surface area contributed by atoms with Gasteiger partial charge in [0, 0.05) is 18.1 Å². The average Bonchev–Trinajstić information content (AvgIpc) is 2.61. The number of esters is 1. The Kier molecular flexibility index (Phi) is 5.55. The van der Waals surface area contributed by atoms with E-state index >= 15 is 0 Å². The SMILES string of the molecule is CCOC(=O)C1=C(CC)N=C2CC(C)(C)CC(=O)C2C1c1ccc(F)c(C)c1. The van der Waals surface area contributed by atoms with Gasteiger partial charge < -0.3 is 4.74 Å². The molecule has 1 saturated carbocycles. The summed E-state index contributed by atoms with van der Waals surface area (Å²) in [5, 5.41) is 0. The number of allylic oxidation sites excluding steroid dienone is 1. The van der Waals surface area contributed by atoms with Crippen LogP contribution < -0.4 is 0 Å². The van der Waals surface area contributed by atoms with E-state index in [1.54, 1.807) is 26.0 Å². The Bertz CT molecular complexity index is 882. The molecule has 3 rings (SSSR count).